The molecular formula is C8H12F3N5O5. The van der Waals surface area contributed by atoms with E-state index in [2.05, 4.69) is 4.99 Å². The smallest absolute Gasteiger partial charge is 0.471 e. The summed E-state index contributed by atoms with van der Waals surface area (Å²) in [4.78, 5) is 34.7. The van der Waals surface area contributed by atoms with E-state index in [1.807, 2.05) is 0 Å². The summed E-state index contributed by atoms with van der Waals surface area (Å²) in [5.74, 6) is -4.55. The number of hydrazine groups is 1. The van der Waals surface area contributed by atoms with E-state index in [4.69, 9.17) is 10.8 Å². The molecule has 1 amide bonds. The number of carbonyl (C=O) groups is 2. The average molecular weight is 315 g/mol. The largest absolute Gasteiger partial charge is 0.480 e. The van der Waals surface area contributed by atoms with Gasteiger partial charge in [0.2, 0.25) is 0 Å². The molecule has 0 saturated heterocycles. The van der Waals surface area contributed by atoms with E-state index < -0.39 is 35.1 Å². The number of nitro groups is 1. The van der Waals surface area contributed by atoms with Gasteiger partial charge < -0.3 is 16.2 Å². The van der Waals surface area contributed by atoms with Crippen LogP contribution in [0.25, 0.3) is 0 Å². The molecule has 0 heterocycles. The lowest BCUT2D eigenvalue weighted by atomic mass is 10.1. The van der Waals surface area contributed by atoms with Gasteiger partial charge in [0.25, 0.3) is 5.96 Å². The molecule has 0 radical (unpaired) electrons. The van der Waals surface area contributed by atoms with Gasteiger partial charge in [-0.1, -0.05) is 5.43 Å². The van der Waals surface area contributed by atoms with Crippen LogP contribution in [0.2, 0.25) is 0 Å². The van der Waals surface area contributed by atoms with Gasteiger partial charge >= 0.3 is 18.1 Å². The zero-order valence-corrected chi connectivity index (χ0v) is 10.4. The van der Waals surface area contributed by atoms with Crippen LogP contribution in [-0.4, -0.2) is 46.7 Å². The van der Waals surface area contributed by atoms with Crippen LogP contribution in [0.15, 0.2) is 4.99 Å². The number of hydrogen-bond acceptors (Lipinski definition) is 5. The number of aliphatic imine (C=N–C) groups is 1. The van der Waals surface area contributed by atoms with Crippen LogP contribution in [0.4, 0.5) is 13.2 Å². The molecular weight excluding hydrogens is 303 g/mol. The Morgan fingerprint density at radius 3 is 2.43 bits per heavy atom. The van der Waals surface area contributed by atoms with Crippen LogP contribution in [-0.2, 0) is 9.59 Å². The fourth-order valence-electron chi connectivity index (χ4n) is 1.12. The Hall–Kier alpha value is -2.60. The van der Waals surface area contributed by atoms with E-state index in [9.17, 15) is 32.9 Å². The first kappa shape index (κ1) is 18.4. The highest BCUT2D eigenvalue weighted by Gasteiger charge is 2.40. The summed E-state index contributed by atoms with van der Waals surface area (Å²) in [7, 11) is 0. The second-order valence-electron chi connectivity index (χ2n) is 3.64. The molecule has 0 unspecified atom stereocenters. The van der Waals surface area contributed by atoms with Crippen LogP contribution >= 0.6 is 0 Å². The number of hydrogen-bond donors (Lipinski definition) is 4. The molecule has 0 rings (SSSR count). The van der Waals surface area contributed by atoms with Gasteiger partial charge in [0.15, 0.2) is 5.03 Å². The minimum atomic E-state index is -5.19. The monoisotopic (exact) mass is 315 g/mol. The first-order valence-electron chi connectivity index (χ1n) is 5.35. The predicted molar refractivity (Wildman–Crippen MR) is 61.5 cm³/mol. The van der Waals surface area contributed by atoms with Crippen molar-refractivity contribution >= 4 is 17.8 Å². The first-order chi connectivity index (χ1) is 9.54. The molecule has 10 nitrogen and oxygen atoms in total. The Balaban J connectivity index is 4.33. The van der Waals surface area contributed by atoms with E-state index in [1.165, 1.54) is 10.7 Å². The minimum Gasteiger partial charge on any atom is -0.480 e. The Bertz CT molecular complexity index is 439. The highest BCUT2D eigenvalue weighted by atomic mass is 19.4. The zero-order valence-electron chi connectivity index (χ0n) is 10.4. The third kappa shape index (κ3) is 8.22. The van der Waals surface area contributed by atoms with E-state index in [1.54, 1.807) is 0 Å². The number of nitrogens with one attached hydrogen (secondary N) is 2. The van der Waals surface area contributed by atoms with Crippen molar-refractivity contribution in [2.45, 2.75) is 25.1 Å². The molecule has 0 aromatic carbocycles. The van der Waals surface area contributed by atoms with E-state index >= 15 is 0 Å². The van der Waals surface area contributed by atoms with Gasteiger partial charge in [0, 0.05) is 6.54 Å². The normalized spacial score (nSPS) is 13.4. The van der Waals surface area contributed by atoms with Crippen molar-refractivity contribution in [3.63, 3.8) is 0 Å². The van der Waals surface area contributed by atoms with Gasteiger partial charge in [0.1, 0.15) is 6.04 Å². The summed E-state index contributed by atoms with van der Waals surface area (Å²) in [6.07, 6.45) is -5.60. The first-order valence-corrected chi connectivity index (χ1v) is 5.35. The number of carbonyl (C=O) groups excluding carboxylic acids is 1. The summed E-state index contributed by atoms with van der Waals surface area (Å²) in [5, 5.41) is 19.0. The lowest BCUT2D eigenvalue weighted by Gasteiger charge is -2.15. The van der Waals surface area contributed by atoms with Crippen molar-refractivity contribution in [1.82, 2.24) is 10.7 Å². The van der Waals surface area contributed by atoms with Gasteiger partial charge in [-0.3, -0.25) is 4.79 Å². The van der Waals surface area contributed by atoms with E-state index in [-0.39, 0.29) is 19.4 Å². The number of carboxylic acid groups (broad SMARTS) is 1. The average Bonchev–Trinajstić information content (AvgIpc) is 2.30. The van der Waals surface area contributed by atoms with Gasteiger partial charge in [0.05, 0.1) is 0 Å². The Morgan fingerprint density at radius 2 is 2.00 bits per heavy atom. The fraction of sp³-hybridized carbons (Fsp3) is 0.625. The topological polar surface area (TPSA) is 160 Å². The molecule has 0 bridgehead atoms. The number of aliphatic carboxylic acids is 1. The van der Waals surface area contributed by atoms with Gasteiger partial charge in [-0.15, -0.1) is 0 Å². The highest BCUT2D eigenvalue weighted by molar-refractivity contribution is 5.86. The van der Waals surface area contributed by atoms with Crippen molar-refractivity contribution in [2.75, 3.05) is 6.54 Å². The molecule has 0 aliphatic carbocycles. The summed E-state index contributed by atoms with van der Waals surface area (Å²) in [5.41, 5.74) is 6.57. The molecule has 120 valence electrons. The number of amides is 1. The zero-order chi connectivity index (χ0) is 16.6. The van der Waals surface area contributed by atoms with Crippen LogP contribution < -0.4 is 16.5 Å². The lowest BCUT2D eigenvalue weighted by molar-refractivity contribution is -0.525. The van der Waals surface area contributed by atoms with Crippen LogP contribution in [0, 0.1) is 10.1 Å². The number of guanidine groups is 1. The van der Waals surface area contributed by atoms with Crippen LogP contribution in [0.1, 0.15) is 12.8 Å². The summed E-state index contributed by atoms with van der Waals surface area (Å²) in [6.45, 7) is -0.168. The Labute approximate surface area is 115 Å². The molecule has 0 saturated carbocycles. The standard InChI is InChI=1S/C8H12F3N5O5/c9-8(10,11)6(19)14-4(5(17)18)2-1-3-13-7(12)15-16(20)21/h4H,1-3H2,(H,14,19)(H,17,18)(H3,12,13,15)/t4-/m0/s1. The number of alkyl halides is 3. The molecule has 0 spiro atoms. The second-order valence-corrected chi connectivity index (χ2v) is 3.64. The summed E-state index contributed by atoms with van der Waals surface area (Å²) >= 11 is 0. The molecule has 0 aromatic rings. The maximum Gasteiger partial charge on any atom is 0.471 e. The Kier molecular flexibility index (Phi) is 6.89. The summed E-state index contributed by atoms with van der Waals surface area (Å²) < 4.78 is 35.9. The molecule has 0 aromatic heterocycles. The van der Waals surface area contributed by atoms with Gasteiger partial charge in [-0.2, -0.15) is 13.2 Å². The molecule has 0 fully saturated rings. The predicted octanol–water partition coefficient (Wildman–Crippen LogP) is -1.01. The molecule has 5 N–H and O–H groups in total. The second kappa shape index (κ2) is 7.86. The maximum atomic E-state index is 12.0. The number of nitrogens with zero attached hydrogens (tertiary/aromatic N) is 2. The molecule has 21 heavy (non-hydrogen) atoms. The highest BCUT2D eigenvalue weighted by Crippen LogP contribution is 2.15. The fourth-order valence-corrected chi connectivity index (χ4v) is 1.12. The van der Waals surface area contributed by atoms with Crippen molar-refractivity contribution in [3.8, 4) is 0 Å². The number of halogens is 3. The SMILES string of the molecule is NC(=NCCC[C@H](NC(=O)C(F)(F)F)C(=O)O)N[N+](=O)[O-]. The minimum absolute atomic E-state index is 0.0603. The molecule has 13 heteroatoms. The summed E-state index contributed by atoms with van der Waals surface area (Å²) in [6, 6.07) is -1.75. The Morgan fingerprint density at radius 1 is 1.43 bits per heavy atom. The maximum absolute atomic E-state index is 12.0. The lowest BCUT2D eigenvalue weighted by Crippen LogP contribution is -2.46. The van der Waals surface area contributed by atoms with Crippen LogP contribution in [0.3, 0.4) is 0 Å². The van der Waals surface area contributed by atoms with Crippen molar-refractivity contribution in [1.29, 1.82) is 0 Å². The van der Waals surface area contributed by atoms with Crippen molar-refractivity contribution in [2.24, 2.45) is 10.7 Å². The van der Waals surface area contributed by atoms with Crippen molar-refractivity contribution in [3.05, 3.63) is 10.1 Å². The number of nitrogens with two attached hydrogens (primary N) is 1. The van der Waals surface area contributed by atoms with Gasteiger partial charge in [-0.05, 0) is 12.8 Å². The number of rotatable bonds is 7. The quantitative estimate of drug-likeness (QED) is 0.154. The third-order valence-corrected chi connectivity index (χ3v) is 2.00. The number of carboxylic acids is 1. The van der Waals surface area contributed by atoms with E-state index in [0.29, 0.717) is 0 Å². The van der Waals surface area contributed by atoms with Crippen molar-refractivity contribution < 1.29 is 32.9 Å². The van der Waals surface area contributed by atoms with Gasteiger partial charge in [-0.25, -0.2) is 19.9 Å². The van der Waals surface area contributed by atoms with E-state index in [0.717, 1.165) is 0 Å². The molecule has 0 aliphatic heterocycles. The van der Waals surface area contributed by atoms with Crippen LogP contribution in [0.5, 0.6) is 0 Å². The molecule has 1 atom stereocenters. The molecule has 0 aliphatic rings. The third-order valence-electron chi connectivity index (χ3n) is 2.00.